The van der Waals surface area contributed by atoms with Gasteiger partial charge in [0.1, 0.15) is 5.75 Å². The highest BCUT2D eigenvalue weighted by molar-refractivity contribution is 9.10. The molecular formula is C18H15BrO4. The zero-order valence-electron chi connectivity index (χ0n) is 12.6. The molecular weight excluding hydrogens is 360 g/mol. The van der Waals surface area contributed by atoms with Crippen molar-refractivity contribution in [3.8, 4) is 5.75 Å². The molecule has 0 saturated carbocycles. The number of halogens is 1. The van der Waals surface area contributed by atoms with E-state index in [1.807, 2.05) is 19.9 Å². The molecule has 2 atom stereocenters. The van der Waals surface area contributed by atoms with Gasteiger partial charge in [-0.3, -0.25) is 4.79 Å². The van der Waals surface area contributed by atoms with Crippen molar-refractivity contribution in [1.82, 2.24) is 0 Å². The fraction of sp³-hybridized carbons (Fsp3) is 0.278. The Morgan fingerprint density at radius 1 is 1.13 bits per heavy atom. The number of fused-ring (bicyclic) bond motifs is 5. The molecule has 2 aromatic rings. The van der Waals surface area contributed by atoms with Crippen molar-refractivity contribution in [1.29, 1.82) is 0 Å². The zero-order valence-corrected chi connectivity index (χ0v) is 14.2. The molecule has 2 aliphatic rings. The van der Waals surface area contributed by atoms with E-state index in [9.17, 15) is 15.0 Å². The van der Waals surface area contributed by atoms with E-state index in [2.05, 4.69) is 15.9 Å². The van der Waals surface area contributed by atoms with Crippen LogP contribution in [-0.4, -0.2) is 16.0 Å². The lowest BCUT2D eigenvalue weighted by Crippen LogP contribution is -2.48. The minimum atomic E-state index is -2.12. The summed E-state index contributed by atoms with van der Waals surface area (Å²) in [5.41, 5.74) is -0.266. The van der Waals surface area contributed by atoms with Crippen LogP contribution < -0.4 is 4.74 Å². The minimum absolute atomic E-state index is 0.260. The Morgan fingerprint density at radius 3 is 2.57 bits per heavy atom. The molecule has 0 fully saturated rings. The van der Waals surface area contributed by atoms with E-state index in [4.69, 9.17) is 4.74 Å². The summed E-state index contributed by atoms with van der Waals surface area (Å²) in [6, 6.07) is 10.3. The third kappa shape index (κ3) is 1.60. The highest BCUT2D eigenvalue weighted by Crippen LogP contribution is 2.59. The third-order valence-corrected chi connectivity index (χ3v) is 5.41. The highest BCUT2D eigenvalue weighted by Gasteiger charge is 2.70. The Morgan fingerprint density at radius 2 is 1.87 bits per heavy atom. The van der Waals surface area contributed by atoms with Crippen molar-refractivity contribution in [2.24, 2.45) is 0 Å². The average molecular weight is 375 g/mol. The van der Waals surface area contributed by atoms with Crippen LogP contribution in [0.25, 0.3) is 0 Å². The summed E-state index contributed by atoms with van der Waals surface area (Å²) in [5, 5.41) is 22.2. The smallest absolute Gasteiger partial charge is 0.276 e. The van der Waals surface area contributed by atoms with Gasteiger partial charge in [-0.1, -0.05) is 54.0 Å². The maximum Gasteiger partial charge on any atom is 0.276 e. The molecule has 4 nitrogen and oxygen atoms in total. The minimum Gasteiger partial charge on any atom is -0.454 e. The molecule has 2 aromatic carbocycles. The van der Waals surface area contributed by atoms with Gasteiger partial charge < -0.3 is 14.9 Å². The standard InChI is InChI=1S/C18H15BrO4/c1-9(2)10-6-7-11-14(8-10)23-18(22)12-4-3-5-13(19)15(12)16(20)17(11,18)21/h3-9,21-22H,1-2H3. The fourth-order valence-corrected chi connectivity index (χ4v) is 3.99. The van der Waals surface area contributed by atoms with Crippen molar-refractivity contribution in [3.05, 3.63) is 63.1 Å². The molecule has 23 heavy (non-hydrogen) atoms. The second kappa shape index (κ2) is 4.44. The number of carbonyl (C=O) groups is 1. The van der Waals surface area contributed by atoms with Crippen molar-refractivity contribution in [3.63, 3.8) is 0 Å². The first-order valence-electron chi connectivity index (χ1n) is 7.42. The van der Waals surface area contributed by atoms with E-state index in [1.165, 1.54) is 0 Å². The molecule has 0 aromatic heterocycles. The van der Waals surface area contributed by atoms with Gasteiger partial charge in [0.2, 0.25) is 11.4 Å². The second-order valence-corrected chi connectivity index (χ2v) is 7.21. The maximum atomic E-state index is 12.9. The molecule has 1 aliphatic heterocycles. The zero-order chi connectivity index (χ0) is 16.6. The number of hydrogen-bond acceptors (Lipinski definition) is 4. The maximum absolute atomic E-state index is 12.9. The molecule has 1 heterocycles. The van der Waals surface area contributed by atoms with Crippen LogP contribution in [0.3, 0.4) is 0 Å². The predicted octanol–water partition coefficient (Wildman–Crippen LogP) is 3.19. The van der Waals surface area contributed by atoms with Crippen molar-refractivity contribution >= 4 is 21.7 Å². The van der Waals surface area contributed by atoms with Crippen LogP contribution in [-0.2, 0) is 11.4 Å². The molecule has 5 heteroatoms. The first-order chi connectivity index (χ1) is 10.8. The fourth-order valence-electron chi connectivity index (χ4n) is 3.44. The van der Waals surface area contributed by atoms with Gasteiger partial charge in [-0.2, -0.15) is 0 Å². The average Bonchev–Trinajstić information content (AvgIpc) is 2.84. The SMILES string of the molecule is CC(C)c1ccc2c(c1)OC1(O)c3cccc(Br)c3C(=O)C21O. The Bertz CT molecular complexity index is 860. The van der Waals surface area contributed by atoms with Gasteiger partial charge in [-0.25, -0.2) is 0 Å². The summed E-state index contributed by atoms with van der Waals surface area (Å²) >= 11 is 3.32. The highest BCUT2D eigenvalue weighted by atomic mass is 79.9. The largest absolute Gasteiger partial charge is 0.454 e. The van der Waals surface area contributed by atoms with Gasteiger partial charge >= 0.3 is 0 Å². The van der Waals surface area contributed by atoms with Gasteiger partial charge in [0.15, 0.2) is 0 Å². The van der Waals surface area contributed by atoms with Crippen LogP contribution in [0.15, 0.2) is 40.9 Å². The number of rotatable bonds is 1. The monoisotopic (exact) mass is 374 g/mol. The molecule has 1 aliphatic carbocycles. The van der Waals surface area contributed by atoms with E-state index in [1.54, 1.807) is 30.3 Å². The molecule has 0 bridgehead atoms. The summed E-state index contributed by atoms with van der Waals surface area (Å²) in [7, 11) is 0. The number of benzene rings is 2. The van der Waals surface area contributed by atoms with Crippen LogP contribution in [0.5, 0.6) is 5.75 Å². The topological polar surface area (TPSA) is 66.8 Å². The van der Waals surface area contributed by atoms with Gasteiger partial charge in [0, 0.05) is 21.2 Å². The lowest BCUT2D eigenvalue weighted by molar-refractivity contribution is -0.224. The van der Waals surface area contributed by atoms with Crippen molar-refractivity contribution in [2.45, 2.75) is 31.2 Å². The molecule has 2 N–H and O–H groups in total. The Balaban J connectivity index is 1.98. The molecule has 0 saturated heterocycles. The first kappa shape index (κ1) is 14.9. The summed E-state index contributed by atoms with van der Waals surface area (Å²) in [6.45, 7) is 4.08. The molecule has 4 rings (SSSR count). The van der Waals surface area contributed by atoms with Gasteiger partial charge in [-0.05, 0) is 23.6 Å². The molecule has 118 valence electrons. The molecule has 0 spiro atoms. The molecule has 0 radical (unpaired) electrons. The Kier molecular flexibility index (Phi) is 2.87. The number of ether oxygens (including phenoxy) is 1. The summed E-state index contributed by atoms with van der Waals surface area (Å²) < 4.78 is 6.26. The predicted molar refractivity (Wildman–Crippen MR) is 87.4 cm³/mol. The van der Waals surface area contributed by atoms with Crippen molar-refractivity contribution in [2.75, 3.05) is 0 Å². The first-order valence-corrected chi connectivity index (χ1v) is 8.22. The van der Waals surface area contributed by atoms with E-state index in [-0.39, 0.29) is 17.0 Å². The normalized spacial score (nSPS) is 27.7. The second-order valence-electron chi connectivity index (χ2n) is 6.36. The van der Waals surface area contributed by atoms with Crippen molar-refractivity contribution < 1.29 is 19.7 Å². The number of carbonyl (C=O) groups excluding carboxylic acids is 1. The quantitative estimate of drug-likeness (QED) is 0.804. The van der Waals surface area contributed by atoms with E-state index < -0.39 is 17.2 Å². The van der Waals surface area contributed by atoms with Gasteiger partial charge in [0.05, 0.1) is 0 Å². The number of aliphatic hydroxyl groups is 2. The Hall–Kier alpha value is -1.69. The van der Waals surface area contributed by atoms with E-state index >= 15 is 0 Å². The number of hydrogen-bond donors (Lipinski definition) is 2. The van der Waals surface area contributed by atoms with Crippen LogP contribution in [0.1, 0.15) is 46.8 Å². The van der Waals surface area contributed by atoms with Crippen LogP contribution >= 0.6 is 15.9 Å². The van der Waals surface area contributed by atoms with Crippen LogP contribution in [0, 0.1) is 0 Å². The lowest BCUT2D eigenvalue weighted by atomic mass is 9.86. The number of Topliss-reactive ketones (excluding diaryl/α,β-unsaturated/α-hetero) is 1. The summed E-state index contributed by atoms with van der Waals surface area (Å²) in [6.07, 6.45) is 0. The molecule has 2 unspecified atom stereocenters. The summed E-state index contributed by atoms with van der Waals surface area (Å²) in [5.74, 6) is -2.04. The van der Waals surface area contributed by atoms with Gasteiger partial charge in [0.25, 0.3) is 5.79 Å². The van der Waals surface area contributed by atoms with Crippen LogP contribution in [0.2, 0.25) is 0 Å². The third-order valence-electron chi connectivity index (χ3n) is 4.74. The molecule has 0 amide bonds. The van der Waals surface area contributed by atoms with E-state index in [0.717, 1.165) is 5.56 Å². The van der Waals surface area contributed by atoms with E-state index in [0.29, 0.717) is 15.8 Å². The van der Waals surface area contributed by atoms with Crippen LogP contribution in [0.4, 0.5) is 0 Å². The lowest BCUT2D eigenvalue weighted by Gasteiger charge is -2.28. The van der Waals surface area contributed by atoms with Gasteiger partial charge in [-0.15, -0.1) is 0 Å². The summed E-state index contributed by atoms with van der Waals surface area (Å²) in [4.78, 5) is 12.9. The Labute approximate surface area is 141 Å². The number of ketones is 1.